The summed E-state index contributed by atoms with van der Waals surface area (Å²) in [6.07, 6.45) is 0. The van der Waals surface area contributed by atoms with Crippen molar-refractivity contribution in [2.45, 2.75) is 31.7 Å². The van der Waals surface area contributed by atoms with Crippen molar-refractivity contribution in [2.24, 2.45) is 0 Å². The number of hydrogen-bond donors (Lipinski definition) is 0. The number of nitrogens with zero attached hydrogens (tertiary/aromatic N) is 3. The van der Waals surface area contributed by atoms with Crippen LogP contribution in [0.3, 0.4) is 0 Å². The van der Waals surface area contributed by atoms with Gasteiger partial charge in [-0.15, -0.1) is 11.3 Å². The molecule has 0 bridgehead atoms. The predicted molar refractivity (Wildman–Crippen MR) is 91.2 cm³/mol. The third-order valence-corrected chi connectivity index (χ3v) is 5.79. The molecule has 6 heteroatoms. The molecule has 0 unspecified atom stereocenters. The van der Waals surface area contributed by atoms with E-state index in [-0.39, 0.29) is 0 Å². The van der Waals surface area contributed by atoms with E-state index in [0.29, 0.717) is 0 Å². The van der Waals surface area contributed by atoms with E-state index in [1.54, 1.807) is 34.4 Å². The van der Waals surface area contributed by atoms with Crippen molar-refractivity contribution >= 4 is 34.4 Å². The zero-order valence-corrected chi connectivity index (χ0v) is 14.5. The van der Waals surface area contributed by atoms with Crippen LogP contribution in [0.5, 0.6) is 0 Å². The summed E-state index contributed by atoms with van der Waals surface area (Å²) < 4.78 is 0. The number of aryl methyl sites for hydroxylation is 2. The lowest BCUT2D eigenvalue weighted by molar-refractivity contribution is 0.880. The summed E-state index contributed by atoms with van der Waals surface area (Å²) >= 11 is 5.04. The molecule has 3 aromatic rings. The van der Waals surface area contributed by atoms with Crippen LogP contribution in [0.2, 0.25) is 0 Å². The molecule has 21 heavy (non-hydrogen) atoms. The normalized spacial score (nSPS) is 11.0. The summed E-state index contributed by atoms with van der Waals surface area (Å²) in [5, 5.41) is 8.25. The molecule has 0 aliphatic heterocycles. The van der Waals surface area contributed by atoms with Crippen molar-refractivity contribution in [1.29, 1.82) is 0 Å². The summed E-state index contributed by atoms with van der Waals surface area (Å²) in [5.41, 5.74) is 5.59. The first-order valence-corrected chi connectivity index (χ1v) is 9.36. The molecule has 0 radical (unpaired) electrons. The number of aromatic nitrogens is 3. The quantitative estimate of drug-likeness (QED) is 0.504. The molecular weight excluding hydrogens is 318 g/mol. The molecule has 3 rings (SSSR count). The van der Waals surface area contributed by atoms with Crippen LogP contribution in [0, 0.1) is 20.8 Å². The Morgan fingerprint density at radius 1 is 1.05 bits per heavy atom. The number of thioether (sulfide) groups is 1. The second-order valence-corrected chi connectivity index (χ2v) is 7.33. The molecule has 0 fully saturated rings. The molecule has 0 saturated heterocycles. The Labute approximate surface area is 136 Å². The first kappa shape index (κ1) is 14.7. The van der Waals surface area contributed by atoms with Crippen molar-refractivity contribution in [3.8, 4) is 10.6 Å². The molecule has 3 nitrogen and oxygen atoms in total. The lowest BCUT2D eigenvalue weighted by Gasteiger charge is -2.05. The van der Waals surface area contributed by atoms with Crippen LogP contribution in [-0.4, -0.2) is 15.0 Å². The topological polar surface area (TPSA) is 38.7 Å². The minimum atomic E-state index is 0.808. The average molecular weight is 334 g/mol. The molecule has 0 aromatic carbocycles. The fourth-order valence-electron chi connectivity index (χ4n) is 1.84. The van der Waals surface area contributed by atoms with E-state index in [4.69, 9.17) is 0 Å². The summed E-state index contributed by atoms with van der Waals surface area (Å²) in [6.45, 7) is 6.13. The summed E-state index contributed by atoms with van der Waals surface area (Å²) in [5.74, 6) is 0.808. The van der Waals surface area contributed by atoms with Gasteiger partial charge in [-0.25, -0.2) is 15.0 Å². The smallest absolute Gasteiger partial charge is 0.188 e. The fraction of sp³-hybridized carbons (Fsp3) is 0.267. The lowest BCUT2D eigenvalue weighted by Crippen LogP contribution is -1.98. The van der Waals surface area contributed by atoms with Gasteiger partial charge in [0.1, 0.15) is 5.01 Å². The Bertz CT molecular complexity index is 724. The molecule has 0 N–H and O–H groups in total. The van der Waals surface area contributed by atoms with Gasteiger partial charge in [-0.2, -0.15) is 11.3 Å². The molecule has 3 heterocycles. The monoisotopic (exact) mass is 333 g/mol. The molecule has 0 aliphatic carbocycles. The van der Waals surface area contributed by atoms with Crippen molar-refractivity contribution < 1.29 is 0 Å². The highest BCUT2D eigenvalue weighted by Crippen LogP contribution is 2.28. The van der Waals surface area contributed by atoms with Gasteiger partial charge >= 0.3 is 0 Å². The average Bonchev–Trinajstić information content (AvgIpc) is 3.12. The van der Waals surface area contributed by atoms with Gasteiger partial charge in [-0.05, 0) is 37.8 Å². The van der Waals surface area contributed by atoms with Crippen molar-refractivity contribution in [1.82, 2.24) is 15.0 Å². The molecule has 0 atom stereocenters. The minimum Gasteiger partial charge on any atom is -0.240 e. The lowest BCUT2D eigenvalue weighted by atomic mass is 10.2. The molecule has 0 aliphatic rings. The van der Waals surface area contributed by atoms with E-state index in [0.717, 1.165) is 33.0 Å². The Morgan fingerprint density at radius 2 is 1.81 bits per heavy atom. The van der Waals surface area contributed by atoms with E-state index in [9.17, 15) is 0 Å². The van der Waals surface area contributed by atoms with Gasteiger partial charge < -0.3 is 0 Å². The zero-order chi connectivity index (χ0) is 14.8. The van der Waals surface area contributed by atoms with Crippen LogP contribution in [0.15, 0.2) is 27.4 Å². The second-order valence-electron chi connectivity index (χ2n) is 4.75. The maximum Gasteiger partial charge on any atom is 0.188 e. The molecule has 0 amide bonds. The maximum absolute atomic E-state index is 4.68. The van der Waals surface area contributed by atoms with E-state index in [1.165, 1.54) is 11.1 Å². The highest BCUT2D eigenvalue weighted by atomic mass is 32.2. The standard InChI is InChI=1S/C15H15N3S3/c1-9-10(2)16-15(17-11(9)3)21-8-13-7-20-14(18-13)12-4-5-19-6-12/h4-7H,8H2,1-3H3. The predicted octanol–water partition coefficient (Wildman–Crippen LogP) is 4.88. The van der Waals surface area contributed by atoms with Crippen LogP contribution in [0.25, 0.3) is 10.6 Å². The van der Waals surface area contributed by atoms with Gasteiger partial charge in [0.2, 0.25) is 0 Å². The highest BCUT2D eigenvalue weighted by molar-refractivity contribution is 7.98. The van der Waals surface area contributed by atoms with Gasteiger partial charge in [0.25, 0.3) is 0 Å². The Morgan fingerprint density at radius 3 is 2.48 bits per heavy atom. The maximum atomic E-state index is 4.68. The van der Waals surface area contributed by atoms with Crippen LogP contribution in [-0.2, 0) is 5.75 Å². The molecule has 0 spiro atoms. The van der Waals surface area contributed by atoms with Crippen LogP contribution in [0.1, 0.15) is 22.6 Å². The first-order valence-electron chi connectivity index (χ1n) is 6.55. The van der Waals surface area contributed by atoms with E-state index in [1.807, 2.05) is 13.8 Å². The van der Waals surface area contributed by atoms with Crippen LogP contribution in [0.4, 0.5) is 0 Å². The Kier molecular flexibility index (Phi) is 4.37. The van der Waals surface area contributed by atoms with Gasteiger partial charge in [0.05, 0.1) is 5.69 Å². The summed E-state index contributed by atoms with van der Waals surface area (Å²) in [7, 11) is 0. The van der Waals surface area contributed by atoms with Gasteiger partial charge in [-0.3, -0.25) is 0 Å². The Hall–Kier alpha value is -1.24. The van der Waals surface area contributed by atoms with Crippen molar-refractivity contribution in [2.75, 3.05) is 0 Å². The number of thiophene rings is 1. The molecule has 0 saturated carbocycles. The van der Waals surface area contributed by atoms with Crippen LogP contribution < -0.4 is 0 Å². The number of rotatable bonds is 4. The summed E-state index contributed by atoms with van der Waals surface area (Å²) in [4.78, 5) is 13.7. The highest BCUT2D eigenvalue weighted by Gasteiger charge is 2.08. The van der Waals surface area contributed by atoms with Gasteiger partial charge in [0, 0.05) is 33.5 Å². The molecule has 3 aromatic heterocycles. The fourth-order valence-corrected chi connectivity index (χ4v) is 4.30. The first-order chi connectivity index (χ1) is 10.1. The minimum absolute atomic E-state index is 0.808. The number of thiazole rings is 1. The SMILES string of the molecule is Cc1nc(SCc2csc(-c3ccsc3)n2)nc(C)c1C. The summed E-state index contributed by atoms with van der Waals surface area (Å²) in [6, 6.07) is 2.11. The van der Waals surface area contributed by atoms with Crippen molar-refractivity contribution in [3.05, 3.63) is 44.9 Å². The third kappa shape index (κ3) is 3.33. The van der Waals surface area contributed by atoms with E-state index in [2.05, 4.69) is 44.1 Å². The number of hydrogen-bond acceptors (Lipinski definition) is 6. The van der Waals surface area contributed by atoms with Crippen LogP contribution >= 0.6 is 34.4 Å². The van der Waals surface area contributed by atoms with Crippen molar-refractivity contribution in [3.63, 3.8) is 0 Å². The Balaban J connectivity index is 1.71. The van der Waals surface area contributed by atoms with Gasteiger partial charge in [0.15, 0.2) is 5.16 Å². The second kappa shape index (κ2) is 6.25. The van der Waals surface area contributed by atoms with E-state index < -0.39 is 0 Å². The molecular formula is C15H15N3S3. The third-order valence-electron chi connectivity index (χ3n) is 3.28. The van der Waals surface area contributed by atoms with E-state index >= 15 is 0 Å². The zero-order valence-electron chi connectivity index (χ0n) is 12.1. The molecule has 108 valence electrons. The van der Waals surface area contributed by atoms with Gasteiger partial charge in [-0.1, -0.05) is 11.8 Å². The largest absolute Gasteiger partial charge is 0.240 e.